The molecular weight excluding hydrogens is 362 g/mol. The van der Waals surface area contributed by atoms with Crippen LogP contribution in [0.1, 0.15) is 62.9 Å². The summed E-state index contributed by atoms with van der Waals surface area (Å²) in [5.74, 6) is 0. The zero-order chi connectivity index (χ0) is 21.5. The molecule has 3 aromatic carbocycles. The summed E-state index contributed by atoms with van der Waals surface area (Å²) in [5, 5.41) is 3.91. The van der Waals surface area contributed by atoms with Gasteiger partial charge in [-0.1, -0.05) is 88.0 Å². The van der Waals surface area contributed by atoms with Crippen molar-refractivity contribution in [1.29, 1.82) is 0 Å². The molecule has 30 heavy (non-hydrogen) atoms. The van der Waals surface area contributed by atoms with E-state index in [1.54, 1.807) is 0 Å². The normalized spacial score (nSPS) is 16.8. The van der Waals surface area contributed by atoms with Crippen molar-refractivity contribution >= 4 is 0 Å². The van der Waals surface area contributed by atoms with Gasteiger partial charge in [0.15, 0.2) is 0 Å². The number of aryl methyl sites for hydroxylation is 6. The second-order valence-corrected chi connectivity index (χ2v) is 9.59. The molecule has 1 N–H and O–H groups in total. The Morgan fingerprint density at radius 2 is 0.900 bits per heavy atom. The topological polar surface area (TPSA) is 12.0 Å². The van der Waals surface area contributed by atoms with Crippen molar-refractivity contribution in [3.8, 4) is 0 Å². The van der Waals surface area contributed by atoms with E-state index in [4.69, 9.17) is 0 Å². The Labute approximate surface area is 182 Å². The summed E-state index contributed by atoms with van der Waals surface area (Å²) in [6, 6.07) is 21.8. The predicted molar refractivity (Wildman–Crippen MR) is 129 cm³/mol. The fourth-order valence-corrected chi connectivity index (χ4v) is 5.76. The number of benzene rings is 3. The van der Waals surface area contributed by atoms with Crippen molar-refractivity contribution < 1.29 is 0 Å². The monoisotopic (exact) mass is 397 g/mol. The van der Waals surface area contributed by atoms with Crippen LogP contribution in [0.15, 0.2) is 54.6 Å². The van der Waals surface area contributed by atoms with Crippen molar-refractivity contribution in [2.45, 2.75) is 65.8 Å². The first-order valence-corrected chi connectivity index (χ1v) is 11.3. The summed E-state index contributed by atoms with van der Waals surface area (Å²) in [7, 11) is 0. The van der Waals surface area contributed by atoms with Crippen LogP contribution in [0.5, 0.6) is 0 Å². The Morgan fingerprint density at radius 3 is 1.17 bits per heavy atom. The zero-order valence-corrected chi connectivity index (χ0v) is 19.4. The van der Waals surface area contributed by atoms with Crippen molar-refractivity contribution in [2.24, 2.45) is 0 Å². The van der Waals surface area contributed by atoms with Gasteiger partial charge in [-0.25, -0.2) is 0 Å². The molecule has 0 aliphatic carbocycles. The quantitative estimate of drug-likeness (QED) is 0.488. The van der Waals surface area contributed by atoms with Crippen LogP contribution in [-0.4, -0.2) is 12.6 Å². The third-order valence-electron chi connectivity index (χ3n) is 6.61. The largest absolute Gasteiger partial charge is 0.312 e. The lowest BCUT2D eigenvalue weighted by Crippen LogP contribution is -2.47. The number of rotatable bonds is 4. The van der Waals surface area contributed by atoms with Gasteiger partial charge in [-0.15, -0.1) is 0 Å². The highest BCUT2D eigenvalue weighted by Crippen LogP contribution is 2.46. The Balaban J connectivity index is 2.15. The highest BCUT2D eigenvalue weighted by atomic mass is 15.0. The Bertz CT molecular complexity index is 884. The molecule has 1 heteroatoms. The Kier molecular flexibility index (Phi) is 5.59. The minimum absolute atomic E-state index is 0.207. The average molecular weight is 398 g/mol. The van der Waals surface area contributed by atoms with Gasteiger partial charge in [-0.2, -0.15) is 0 Å². The van der Waals surface area contributed by atoms with E-state index >= 15 is 0 Å². The average Bonchev–Trinajstić information content (AvgIpc) is 3.15. The zero-order valence-electron chi connectivity index (χ0n) is 19.4. The van der Waals surface area contributed by atoms with Gasteiger partial charge in [-0.3, -0.25) is 0 Å². The molecule has 1 aliphatic heterocycles. The fraction of sp³-hybridized carbons (Fsp3) is 0.379. The van der Waals surface area contributed by atoms with Gasteiger partial charge < -0.3 is 5.32 Å². The van der Waals surface area contributed by atoms with Crippen LogP contribution in [0.2, 0.25) is 0 Å². The predicted octanol–water partition coefficient (Wildman–Crippen LogP) is 6.62. The van der Waals surface area contributed by atoms with Crippen LogP contribution in [0.25, 0.3) is 0 Å². The van der Waals surface area contributed by atoms with E-state index in [1.807, 2.05) is 0 Å². The first-order valence-electron chi connectivity index (χ1n) is 11.3. The van der Waals surface area contributed by atoms with Crippen LogP contribution in [0.4, 0.5) is 0 Å². The maximum atomic E-state index is 3.91. The molecular formula is C29H35N. The molecule has 1 saturated heterocycles. The van der Waals surface area contributed by atoms with E-state index in [1.165, 1.54) is 62.9 Å². The van der Waals surface area contributed by atoms with E-state index in [-0.39, 0.29) is 5.41 Å². The summed E-state index contributed by atoms with van der Waals surface area (Å²) >= 11 is 0. The highest BCUT2D eigenvalue weighted by molar-refractivity contribution is 5.57. The van der Waals surface area contributed by atoms with E-state index in [9.17, 15) is 0 Å². The van der Waals surface area contributed by atoms with Crippen molar-refractivity contribution in [3.63, 3.8) is 0 Å². The summed E-state index contributed by atoms with van der Waals surface area (Å²) in [6.07, 6.45) is 2.42. The number of hydrogen-bond donors (Lipinski definition) is 1. The molecule has 0 amide bonds. The third-order valence-corrected chi connectivity index (χ3v) is 6.61. The first kappa shape index (κ1) is 20.9. The maximum Gasteiger partial charge on any atom is 0.0604 e. The van der Waals surface area contributed by atoms with Gasteiger partial charge >= 0.3 is 0 Å². The van der Waals surface area contributed by atoms with Crippen molar-refractivity contribution in [2.75, 3.05) is 6.54 Å². The van der Waals surface area contributed by atoms with E-state index in [0.29, 0.717) is 6.04 Å². The molecule has 1 unspecified atom stereocenters. The minimum Gasteiger partial charge on any atom is -0.312 e. The first-order chi connectivity index (χ1) is 14.3. The summed E-state index contributed by atoms with van der Waals surface area (Å²) in [4.78, 5) is 0. The second kappa shape index (κ2) is 8.04. The number of hydrogen-bond acceptors (Lipinski definition) is 1. The van der Waals surface area contributed by atoms with Crippen molar-refractivity contribution in [1.82, 2.24) is 5.32 Å². The van der Waals surface area contributed by atoms with E-state index in [0.717, 1.165) is 6.54 Å². The van der Waals surface area contributed by atoms with Gasteiger partial charge in [0.2, 0.25) is 0 Å². The molecule has 3 aromatic rings. The SMILES string of the molecule is Cc1cc(C)cc(C(c2cc(C)cc(C)c2)(c2cc(C)cc(C)c2)C2CCCN2)c1. The molecule has 156 valence electrons. The molecule has 0 radical (unpaired) electrons. The summed E-state index contributed by atoms with van der Waals surface area (Å²) in [6.45, 7) is 14.5. The smallest absolute Gasteiger partial charge is 0.0604 e. The molecule has 1 aliphatic rings. The van der Waals surface area contributed by atoms with Gasteiger partial charge in [-0.05, 0) is 77.6 Å². The molecule has 1 atom stereocenters. The van der Waals surface area contributed by atoms with Crippen LogP contribution in [-0.2, 0) is 5.41 Å². The molecule has 0 bridgehead atoms. The van der Waals surface area contributed by atoms with Crippen LogP contribution >= 0.6 is 0 Å². The van der Waals surface area contributed by atoms with Crippen LogP contribution < -0.4 is 5.32 Å². The molecule has 1 nitrogen and oxygen atoms in total. The van der Waals surface area contributed by atoms with Crippen LogP contribution in [0.3, 0.4) is 0 Å². The fourth-order valence-electron chi connectivity index (χ4n) is 5.76. The van der Waals surface area contributed by atoms with Gasteiger partial charge in [0.1, 0.15) is 0 Å². The highest BCUT2D eigenvalue weighted by Gasteiger charge is 2.45. The van der Waals surface area contributed by atoms with Crippen molar-refractivity contribution in [3.05, 3.63) is 105 Å². The summed E-state index contributed by atoms with van der Waals surface area (Å²) < 4.78 is 0. The van der Waals surface area contributed by atoms with Crippen LogP contribution in [0, 0.1) is 41.5 Å². The third kappa shape index (κ3) is 3.72. The molecule has 0 aromatic heterocycles. The lowest BCUT2D eigenvalue weighted by Gasteiger charge is -2.42. The standard InChI is InChI=1S/C29H35N/c1-19-10-20(2)14-25(13-19)29(28-8-7-9-30-28,26-15-21(3)11-22(4)16-26)27-17-23(5)12-24(6)18-27/h10-18,28,30H,7-9H2,1-6H3. The molecule has 1 fully saturated rings. The minimum atomic E-state index is -0.207. The lowest BCUT2D eigenvalue weighted by molar-refractivity contribution is 0.434. The number of nitrogens with one attached hydrogen (secondary N) is 1. The lowest BCUT2D eigenvalue weighted by atomic mass is 9.63. The molecule has 0 saturated carbocycles. The van der Waals surface area contributed by atoms with E-state index in [2.05, 4.69) is 101 Å². The Morgan fingerprint density at radius 1 is 0.567 bits per heavy atom. The van der Waals surface area contributed by atoms with Gasteiger partial charge in [0.05, 0.1) is 5.41 Å². The van der Waals surface area contributed by atoms with Gasteiger partial charge in [0, 0.05) is 6.04 Å². The molecule has 4 rings (SSSR count). The Hall–Kier alpha value is -2.38. The molecule has 0 spiro atoms. The van der Waals surface area contributed by atoms with E-state index < -0.39 is 0 Å². The summed E-state index contributed by atoms with van der Waals surface area (Å²) in [5.41, 5.74) is 12.0. The molecule has 1 heterocycles. The second-order valence-electron chi connectivity index (χ2n) is 9.59. The van der Waals surface area contributed by atoms with Gasteiger partial charge in [0.25, 0.3) is 0 Å². The maximum absolute atomic E-state index is 3.91.